The molecule has 0 bridgehead atoms. The zero-order valence-electron chi connectivity index (χ0n) is 9.49. The number of hydrogen-bond donors (Lipinski definition) is 1. The minimum atomic E-state index is 0.0983. The van der Waals surface area contributed by atoms with E-state index in [0.717, 1.165) is 18.3 Å². The topological polar surface area (TPSA) is 35.2 Å². The van der Waals surface area contributed by atoms with E-state index in [1.54, 1.807) is 0 Å². The van der Waals surface area contributed by atoms with Crippen molar-refractivity contribution in [1.82, 2.24) is 0 Å². The Morgan fingerprint density at radius 2 is 2.20 bits per heavy atom. The van der Waals surface area contributed by atoms with Crippen molar-refractivity contribution in [3.8, 4) is 5.75 Å². The van der Waals surface area contributed by atoms with E-state index in [1.807, 2.05) is 13.0 Å². The highest BCUT2D eigenvalue weighted by molar-refractivity contribution is 5.37. The van der Waals surface area contributed by atoms with Gasteiger partial charge < -0.3 is 10.5 Å². The highest BCUT2D eigenvalue weighted by Gasteiger charge is 2.22. The Balaban J connectivity index is 2.04. The van der Waals surface area contributed by atoms with E-state index in [1.165, 1.54) is 24.0 Å². The fourth-order valence-electron chi connectivity index (χ4n) is 1.61. The molecule has 0 saturated heterocycles. The van der Waals surface area contributed by atoms with Crippen molar-refractivity contribution in [1.29, 1.82) is 0 Å². The quantitative estimate of drug-likeness (QED) is 0.820. The number of rotatable bonds is 4. The van der Waals surface area contributed by atoms with Crippen molar-refractivity contribution < 1.29 is 4.74 Å². The van der Waals surface area contributed by atoms with Crippen molar-refractivity contribution in [3.63, 3.8) is 0 Å². The first-order valence-corrected chi connectivity index (χ1v) is 5.65. The van der Waals surface area contributed by atoms with Crippen molar-refractivity contribution in [3.05, 3.63) is 29.3 Å². The Labute approximate surface area is 91.4 Å². The van der Waals surface area contributed by atoms with Crippen molar-refractivity contribution >= 4 is 0 Å². The van der Waals surface area contributed by atoms with Crippen LogP contribution in [-0.4, -0.2) is 6.61 Å². The normalized spacial score (nSPS) is 17.5. The Morgan fingerprint density at radius 1 is 1.47 bits per heavy atom. The second-order valence-electron chi connectivity index (χ2n) is 4.57. The van der Waals surface area contributed by atoms with E-state index >= 15 is 0 Å². The zero-order valence-corrected chi connectivity index (χ0v) is 9.49. The van der Waals surface area contributed by atoms with Gasteiger partial charge in [-0.2, -0.15) is 0 Å². The molecule has 1 atom stereocenters. The van der Waals surface area contributed by atoms with Gasteiger partial charge in [-0.1, -0.05) is 12.1 Å². The first kappa shape index (κ1) is 10.5. The van der Waals surface area contributed by atoms with Gasteiger partial charge in [0.2, 0.25) is 0 Å². The van der Waals surface area contributed by atoms with Gasteiger partial charge in [-0.05, 0) is 49.8 Å². The van der Waals surface area contributed by atoms with Crippen LogP contribution in [0.5, 0.6) is 5.75 Å². The van der Waals surface area contributed by atoms with E-state index in [2.05, 4.69) is 19.1 Å². The third-order valence-corrected chi connectivity index (χ3v) is 2.90. The fraction of sp³-hybridized carbons (Fsp3) is 0.538. The van der Waals surface area contributed by atoms with Crippen LogP contribution < -0.4 is 10.5 Å². The third kappa shape index (κ3) is 2.72. The van der Waals surface area contributed by atoms with Gasteiger partial charge in [-0.15, -0.1) is 0 Å². The largest absolute Gasteiger partial charge is 0.493 e. The highest BCUT2D eigenvalue weighted by atomic mass is 16.5. The van der Waals surface area contributed by atoms with E-state index in [4.69, 9.17) is 10.5 Å². The number of nitrogens with two attached hydrogens (primary N) is 1. The van der Waals surface area contributed by atoms with Crippen LogP contribution in [0.1, 0.15) is 36.9 Å². The number of benzene rings is 1. The number of hydrogen-bond acceptors (Lipinski definition) is 2. The van der Waals surface area contributed by atoms with E-state index in [9.17, 15) is 0 Å². The van der Waals surface area contributed by atoms with Gasteiger partial charge in [0, 0.05) is 6.04 Å². The van der Waals surface area contributed by atoms with Gasteiger partial charge in [-0.25, -0.2) is 0 Å². The second kappa shape index (κ2) is 4.23. The lowest BCUT2D eigenvalue weighted by atomic mass is 10.1. The maximum atomic E-state index is 5.82. The summed E-state index contributed by atoms with van der Waals surface area (Å²) in [6, 6.07) is 6.31. The summed E-state index contributed by atoms with van der Waals surface area (Å²) in [6.45, 7) is 4.95. The molecule has 1 saturated carbocycles. The Morgan fingerprint density at radius 3 is 2.73 bits per heavy atom. The molecule has 1 fully saturated rings. The number of ether oxygens (including phenoxy) is 1. The fourth-order valence-corrected chi connectivity index (χ4v) is 1.61. The summed E-state index contributed by atoms with van der Waals surface area (Å²) in [5.41, 5.74) is 8.18. The van der Waals surface area contributed by atoms with Gasteiger partial charge in [0.05, 0.1) is 6.61 Å². The van der Waals surface area contributed by atoms with Gasteiger partial charge in [-0.3, -0.25) is 0 Å². The summed E-state index contributed by atoms with van der Waals surface area (Å²) in [4.78, 5) is 0. The van der Waals surface area contributed by atoms with Crippen LogP contribution in [-0.2, 0) is 0 Å². The van der Waals surface area contributed by atoms with E-state index in [-0.39, 0.29) is 6.04 Å². The summed E-state index contributed by atoms with van der Waals surface area (Å²) < 4.78 is 5.75. The maximum Gasteiger partial charge on any atom is 0.122 e. The average Bonchev–Trinajstić information content (AvgIpc) is 2.99. The Bertz CT molecular complexity index is 342. The Hall–Kier alpha value is -1.02. The van der Waals surface area contributed by atoms with E-state index in [0.29, 0.717) is 0 Å². The molecule has 1 unspecified atom stereocenters. The SMILES string of the molecule is Cc1cc(C(C)N)ccc1OCC1CC1. The van der Waals surface area contributed by atoms with Crippen LogP contribution in [0.2, 0.25) is 0 Å². The summed E-state index contributed by atoms with van der Waals surface area (Å²) in [5, 5.41) is 0. The van der Waals surface area contributed by atoms with Gasteiger partial charge in [0.25, 0.3) is 0 Å². The predicted molar refractivity (Wildman–Crippen MR) is 62.0 cm³/mol. The maximum absolute atomic E-state index is 5.82. The lowest BCUT2D eigenvalue weighted by Crippen LogP contribution is -2.06. The van der Waals surface area contributed by atoms with Crippen LogP contribution in [0.15, 0.2) is 18.2 Å². The first-order chi connectivity index (χ1) is 7.16. The summed E-state index contributed by atoms with van der Waals surface area (Å²) in [7, 11) is 0. The van der Waals surface area contributed by atoms with Gasteiger partial charge >= 0.3 is 0 Å². The molecule has 0 heterocycles. The molecule has 2 rings (SSSR count). The molecule has 0 aliphatic heterocycles. The van der Waals surface area contributed by atoms with Gasteiger partial charge in [0.15, 0.2) is 0 Å². The molecule has 0 radical (unpaired) electrons. The first-order valence-electron chi connectivity index (χ1n) is 5.65. The van der Waals surface area contributed by atoms with Crippen molar-refractivity contribution in [2.45, 2.75) is 32.7 Å². The van der Waals surface area contributed by atoms with Crippen molar-refractivity contribution in [2.75, 3.05) is 6.61 Å². The molecule has 15 heavy (non-hydrogen) atoms. The minimum Gasteiger partial charge on any atom is -0.493 e. The number of aryl methyl sites for hydroxylation is 1. The predicted octanol–water partition coefficient (Wildman–Crippen LogP) is 2.80. The van der Waals surface area contributed by atoms with Gasteiger partial charge in [0.1, 0.15) is 5.75 Å². The molecule has 2 N–H and O–H groups in total. The molecule has 1 aliphatic carbocycles. The molecule has 82 valence electrons. The zero-order chi connectivity index (χ0) is 10.8. The molecule has 1 aromatic rings. The molecule has 2 heteroatoms. The second-order valence-corrected chi connectivity index (χ2v) is 4.57. The van der Waals surface area contributed by atoms with Crippen LogP contribution in [0.4, 0.5) is 0 Å². The molecule has 2 nitrogen and oxygen atoms in total. The van der Waals surface area contributed by atoms with Crippen molar-refractivity contribution in [2.24, 2.45) is 11.7 Å². The minimum absolute atomic E-state index is 0.0983. The van der Waals surface area contributed by atoms with E-state index < -0.39 is 0 Å². The molecule has 0 aromatic heterocycles. The average molecular weight is 205 g/mol. The van der Waals surface area contributed by atoms with Crippen LogP contribution in [0.3, 0.4) is 0 Å². The van der Waals surface area contributed by atoms with Crippen LogP contribution in [0.25, 0.3) is 0 Å². The lowest BCUT2D eigenvalue weighted by Gasteiger charge is -2.11. The monoisotopic (exact) mass is 205 g/mol. The smallest absolute Gasteiger partial charge is 0.122 e. The molecule has 1 aliphatic rings. The molecule has 0 spiro atoms. The molecule has 0 amide bonds. The molecular formula is C13H19NO. The lowest BCUT2D eigenvalue weighted by molar-refractivity contribution is 0.297. The highest BCUT2D eigenvalue weighted by Crippen LogP contribution is 2.30. The third-order valence-electron chi connectivity index (χ3n) is 2.90. The summed E-state index contributed by atoms with van der Waals surface area (Å²) >= 11 is 0. The molecule has 1 aromatic carbocycles. The summed E-state index contributed by atoms with van der Waals surface area (Å²) in [5.74, 6) is 1.81. The molecular weight excluding hydrogens is 186 g/mol. The van der Waals surface area contributed by atoms with Crippen LogP contribution in [0, 0.1) is 12.8 Å². The Kier molecular flexibility index (Phi) is 2.96. The van der Waals surface area contributed by atoms with Crippen LogP contribution >= 0.6 is 0 Å². The summed E-state index contributed by atoms with van der Waals surface area (Å²) in [6.07, 6.45) is 2.66. The standard InChI is InChI=1S/C13H19NO/c1-9-7-12(10(2)14)5-6-13(9)15-8-11-3-4-11/h5-7,10-11H,3-4,8,14H2,1-2H3.